The van der Waals surface area contributed by atoms with Crippen molar-refractivity contribution in [3.63, 3.8) is 0 Å². The number of pyridine rings is 2. The van der Waals surface area contributed by atoms with Gasteiger partial charge in [-0.2, -0.15) is 5.10 Å². The molecule has 0 saturated carbocycles. The highest BCUT2D eigenvalue weighted by Gasteiger charge is 2.28. The van der Waals surface area contributed by atoms with Gasteiger partial charge in [-0.15, -0.1) is 0 Å². The maximum Gasteiger partial charge on any atom is 0.269 e. The minimum Gasteiger partial charge on any atom is -0.456 e. The van der Waals surface area contributed by atoms with Gasteiger partial charge in [0, 0.05) is 56.2 Å². The van der Waals surface area contributed by atoms with Crippen molar-refractivity contribution in [3.05, 3.63) is 48.0 Å². The molecule has 1 saturated heterocycles. The number of amides is 1. The third-order valence-electron chi connectivity index (χ3n) is 5.79. The number of thiocarbonyl (C=S) groups is 1. The predicted molar refractivity (Wildman–Crippen MR) is 147 cm³/mol. The monoisotopic (exact) mass is 524 g/mol. The van der Waals surface area contributed by atoms with Crippen molar-refractivity contribution in [1.29, 1.82) is 0 Å². The highest BCUT2D eigenvalue weighted by molar-refractivity contribution is 7.80. The second-order valence-electron chi connectivity index (χ2n) is 9.58. The van der Waals surface area contributed by atoms with E-state index in [0.29, 0.717) is 40.5 Å². The van der Waals surface area contributed by atoms with Crippen molar-refractivity contribution in [2.45, 2.75) is 38.6 Å². The first-order valence-electron chi connectivity index (χ1n) is 12.0. The maximum atomic E-state index is 11.8. The van der Waals surface area contributed by atoms with E-state index in [9.17, 15) is 4.79 Å². The Bertz CT molecular complexity index is 1280. The smallest absolute Gasteiger partial charge is 0.269 e. The highest BCUT2D eigenvalue weighted by Crippen LogP contribution is 2.31. The molecule has 1 atom stereocenters. The van der Waals surface area contributed by atoms with E-state index >= 15 is 0 Å². The first-order valence-corrected chi connectivity index (χ1v) is 12.4. The minimum absolute atomic E-state index is 0.0861. The molecule has 1 aliphatic heterocycles. The molecule has 0 spiro atoms. The number of hydrogen-bond donors (Lipinski definition) is 4. The molecule has 0 radical (unpaired) electrons. The molecule has 37 heavy (non-hydrogen) atoms. The van der Waals surface area contributed by atoms with Gasteiger partial charge < -0.3 is 30.7 Å². The van der Waals surface area contributed by atoms with Gasteiger partial charge in [-0.25, -0.2) is 4.98 Å². The minimum atomic E-state index is -0.295. The van der Waals surface area contributed by atoms with Crippen molar-refractivity contribution in [2.24, 2.45) is 0 Å². The standard InChI is InChI=1S/C25H32N8O3S/c1-25(2,3)20-12-21(32-33(20)15-7-9-35-14-15)30-24(37)31-22-18(26-4)11-17(13-29-22)36-16-6-8-28-19(10-16)23(34)27-5/h6,8,10-13,15,26H,7,9,14H2,1-5H3,(H,27,34)(H2,29,30,31,32,37)/t15-/m0/s1. The summed E-state index contributed by atoms with van der Waals surface area (Å²) in [6.45, 7) is 7.88. The largest absolute Gasteiger partial charge is 0.456 e. The third-order valence-corrected chi connectivity index (χ3v) is 5.99. The third kappa shape index (κ3) is 6.33. The van der Waals surface area contributed by atoms with Crippen LogP contribution < -0.4 is 26.0 Å². The number of aromatic nitrogens is 4. The van der Waals surface area contributed by atoms with Gasteiger partial charge in [0.05, 0.1) is 24.5 Å². The average molecular weight is 525 g/mol. The zero-order valence-corrected chi connectivity index (χ0v) is 22.4. The molecule has 1 amide bonds. The van der Waals surface area contributed by atoms with E-state index in [1.807, 2.05) is 6.07 Å². The fourth-order valence-electron chi connectivity index (χ4n) is 3.92. The van der Waals surface area contributed by atoms with Crippen LogP contribution >= 0.6 is 12.2 Å². The van der Waals surface area contributed by atoms with Crippen LogP contribution in [-0.4, -0.2) is 58.1 Å². The summed E-state index contributed by atoms with van der Waals surface area (Å²) in [6, 6.07) is 7.25. The van der Waals surface area contributed by atoms with Crippen molar-refractivity contribution < 1.29 is 14.3 Å². The van der Waals surface area contributed by atoms with E-state index in [1.165, 1.54) is 6.20 Å². The number of anilines is 3. The molecule has 3 aromatic heterocycles. The van der Waals surface area contributed by atoms with E-state index in [1.54, 1.807) is 38.5 Å². The molecule has 196 valence electrons. The van der Waals surface area contributed by atoms with Crippen molar-refractivity contribution in [1.82, 2.24) is 25.1 Å². The molecule has 4 N–H and O–H groups in total. The Morgan fingerprint density at radius 2 is 1.97 bits per heavy atom. The lowest BCUT2D eigenvalue weighted by atomic mass is 9.91. The summed E-state index contributed by atoms with van der Waals surface area (Å²) in [7, 11) is 3.32. The molecule has 4 rings (SSSR count). The Balaban J connectivity index is 1.46. The maximum absolute atomic E-state index is 11.8. The summed E-state index contributed by atoms with van der Waals surface area (Å²) >= 11 is 5.55. The predicted octanol–water partition coefficient (Wildman–Crippen LogP) is 3.93. The molecule has 1 aliphatic rings. The van der Waals surface area contributed by atoms with Crippen LogP contribution in [0.1, 0.15) is 49.4 Å². The molecule has 12 heteroatoms. The summed E-state index contributed by atoms with van der Waals surface area (Å²) < 4.78 is 13.5. The number of ether oxygens (including phenoxy) is 2. The van der Waals surface area contributed by atoms with E-state index in [4.69, 9.17) is 26.8 Å². The van der Waals surface area contributed by atoms with Crippen LogP contribution in [0.3, 0.4) is 0 Å². The van der Waals surface area contributed by atoms with Crippen LogP contribution in [0.25, 0.3) is 0 Å². The van der Waals surface area contributed by atoms with E-state index in [-0.39, 0.29) is 23.1 Å². The molecule has 4 heterocycles. The van der Waals surface area contributed by atoms with Crippen LogP contribution in [-0.2, 0) is 10.2 Å². The Kier molecular flexibility index (Phi) is 7.89. The topological polar surface area (TPSA) is 127 Å². The lowest BCUT2D eigenvalue weighted by Crippen LogP contribution is -2.22. The first kappa shape index (κ1) is 26.3. The fraction of sp³-hybridized carbons (Fsp3) is 0.400. The summed E-state index contributed by atoms with van der Waals surface area (Å²) in [5.74, 6) is 1.83. The van der Waals surface area contributed by atoms with Crippen molar-refractivity contribution in [3.8, 4) is 11.5 Å². The van der Waals surface area contributed by atoms with Gasteiger partial charge >= 0.3 is 0 Å². The SMILES string of the molecule is CNC(=O)c1cc(Oc2cnc(NC(=S)Nc3cc(C(C)(C)C)n([C@H]4CCOC4)n3)c(NC)c2)ccn1. The lowest BCUT2D eigenvalue weighted by Gasteiger charge is -2.22. The molecule has 11 nitrogen and oxygen atoms in total. The second kappa shape index (κ2) is 11.1. The molecular formula is C25H32N8O3S. The van der Waals surface area contributed by atoms with E-state index in [2.05, 4.69) is 56.7 Å². The highest BCUT2D eigenvalue weighted by atomic mass is 32.1. The zero-order chi connectivity index (χ0) is 26.6. The Labute approximate surface area is 221 Å². The van der Waals surface area contributed by atoms with Crippen molar-refractivity contribution >= 4 is 40.6 Å². The van der Waals surface area contributed by atoms with Gasteiger partial charge in [-0.05, 0) is 24.7 Å². The molecule has 0 unspecified atom stereocenters. The Morgan fingerprint density at radius 1 is 1.16 bits per heavy atom. The number of nitrogens with one attached hydrogen (secondary N) is 4. The number of nitrogens with zero attached hydrogens (tertiary/aromatic N) is 4. The van der Waals surface area contributed by atoms with Crippen molar-refractivity contribution in [2.75, 3.05) is 43.3 Å². The van der Waals surface area contributed by atoms with Gasteiger partial charge in [-0.1, -0.05) is 20.8 Å². The molecule has 0 aliphatic carbocycles. The average Bonchev–Trinajstić information content (AvgIpc) is 3.54. The van der Waals surface area contributed by atoms with Crippen LogP contribution in [0.4, 0.5) is 17.3 Å². The quantitative estimate of drug-likeness (QED) is 0.338. The summed E-state index contributed by atoms with van der Waals surface area (Å²) in [5.41, 5.74) is 1.96. The number of carbonyl (C=O) groups excluding carboxylic acids is 1. The van der Waals surface area contributed by atoms with Crippen LogP contribution in [0.15, 0.2) is 36.7 Å². The number of rotatable bonds is 7. The van der Waals surface area contributed by atoms with E-state index < -0.39 is 0 Å². The second-order valence-corrected chi connectivity index (χ2v) is 9.99. The van der Waals surface area contributed by atoms with Crippen LogP contribution in [0.2, 0.25) is 0 Å². The molecule has 3 aromatic rings. The number of carbonyl (C=O) groups is 1. The van der Waals surface area contributed by atoms with Crippen LogP contribution in [0, 0.1) is 0 Å². The zero-order valence-electron chi connectivity index (χ0n) is 21.6. The van der Waals surface area contributed by atoms with Gasteiger partial charge in [0.15, 0.2) is 16.7 Å². The normalized spacial score (nSPS) is 15.2. The van der Waals surface area contributed by atoms with E-state index in [0.717, 1.165) is 18.7 Å². The molecule has 0 aromatic carbocycles. The molecule has 0 bridgehead atoms. The summed E-state index contributed by atoms with van der Waals surface area (Å²) in [4.78, 5) is 20.4. The molecule has 1 fully saturated rings. The fourth-order valence-corrected chi connectivity index (χ4v) is 4.12. The van der Waals surface area contributed by atoms with Gasteiger partial charge in [0.25, 0.3) is 5.91 Å². The first-order chi connectivity index (χ1) is 17.7. The summed E-state index contributed by atoms with van der Waals surface area (Å²) in [5, 5.41) is 17.1. The number of hydrogen-bond acceptors (Lipinski definition) is 8. The summed E-state index contributed by atoms with van der Waals surface area (Å²) in [6.07, 6.45) is 4.01. The van der Waals surface area contributed by atoms with Gasteiger partial charge in [-0.3, -0.25) is 14.5 Å². The molecular weight excluding hydrogens is 492 g/mol. The Hall–Kier alpha value is -3.77. The van der Waals surface area contributed by atoms with Gasteiger partial charge in [0.1, 0.15) is 17.2 Å². The lowest BCUT2D eigenvalue weighted by molar-refractivity contribution is 0.0958. The van der Waals surface area contributed by atoms with Crippen LogP contribution in [0.5, 0.6) is 11.5 Å². The Morgan fingerprint density at radius 3 is 2.65 bits per heavy atom. The van der Waals surface area contributed by atoms with Gasteiger partial charge in [0.2, 0.25) is 0 Å².